The predicted octanol–water partition coefficient (Wildman–Crippen LogP) is 3.57. The molecule has 16 heavy (non-hydrogen) atoms. The molecule has 100 valence electrons. The van der Waals surface area contributed by atoms with E-state index < -0.39 is 0 Å². The van der Waals surface area contributed by atoms with Crippen LogP contribution in [0.25, 0.3) is 0 Å². The summed E-state index contributed by atoms with van der Waals surface area (Å²) in [6.07, 6.45) is 10.9. The third-order valence-corrected chi connectivity index (χ3v) is 2.56. The smallest absolute Gasteiger partial charge is 0.00519 e. The van der Waals surface area contributed by atoms with Gasteiger partial charge in [0.15, 0.2) is 0 Å². The Balaban J connectivity index is 0. The van der Waals surface area contributed by atoms with E-state index in [4.69, 9.17) is 0 Å². The average molecular weight is 230 g/mol. The largest absolute Gasteiger partial charge is 0.320 e. The van der Waals surface area contributed by atoms with Crippen LogP contribution in [-0.4, -0.2) is 27.2 Å². The second kappa shape index (κ2) is 20.3. The summed E-state index contributed by atoms with van der Waals surface area (Å²) in [6.45, 7) is 6.83. The highest BCUT2D eigenvalue weighted by molar-refractivity contribution is 4.42. The van der Waals surface area contributed by atoms with E-state index in [2.05, 4.69) is 24.5 Å². The quantitative estimate of drug-likeness (QED) is 0.561. The van der Waals surface area contributed by atoms with Crippen LogP contribution < -0.4 is 10.6 Å². The van der Waals surface area contributed by atoms with Crippen LogP contribution in [0.2, 0.25) is 0 Å². The number of hydrogen-bond acceptors (Lipinski definition) is 2. The lowest BCUT2D eigenvalue weighted by Crippen LogP contribution is -2.06. The van der Waals surface area contributed by atoms with E-state index in [1.807, 2.05) is 14.1 Å². The molecule has 0 amide bonds. The average Bonchev–Trinajstić information content (AvgIpc) is 2.31. The lowest BCUT2D eigenvalue weighted by molar-refractivity contribution is 0.634. The van der Waals surface area contributed by atoms with Crippen molar-refractivity contribution in [2.75, 3.05) is 27.2 Å². The Labute approximate surface area is 104 Å². The summed E-state index contributed by atoms with van der Waals surface area (Å²) in [6, 6.07) is 0. The van der Waals surface area contributed by atoms with Gasteiger partial charge in [0, 0.05) is 0 Å². The summed E-state index contributed by atoms with van der Waals surface area (Å²) in [5.41, 5.74) is 0. The molecule has 0 fully saturated rings. The van der Waals surface area contributed by atoms with Crippen LogP contribution in [0.15, 0.2) is 0 Å². The van der Waals surface area contributed by atoms with Crippen molar-refractivity contribution in [3.05, 3.63) is 0 Å². The summed E-state index contributed by atoms with van der Waals surface area (Å²) in [4.78, 5) is 0. The first-order valence-corrected chi connectivity index (χ1v) is 7.12. The molecule has 0 radical (unpaired) electrons. The molecule has 0 atom stereocenters. The fourth-order valence-corrected chi connectivity index (χ4v) is 1.46. The number of nitrogens with one attached hydrogen (secondary N) is 2. The number of unbranched alkanes of at least 4 members (excludes halogenated alkanes) is 6. The SMILES string of the molecule is CCCCCCNC.CCCCCCNC. The van der Waals surface area contributed by atoms with E-state index in [0.717, 1.165) is 0 Å². The summed E-state index contributed by atoms with van der Waals surface area (Å²) >= 11 is 0. The topological polar surface area (TPSA) is 24.1 Å². The lowest BCUT2D eigenvalue weighted by Gasteiger charge is -1.95. The molecule has 0 aliphatic rings. The van der Waals surface area contributed by atoms with Crippen molar-refractivity contribution in [2.24, 2.45) is 0 Å². The molecule has 0 aliphatic heterocycles. The van der Waals surface area contributed by atoms with Gasteiger partial charge in [-0.15, -0.1) is 0 Å². The Kier molecular flexibility index (Phi) is 23.3. The zero-order chi connectivity index (χ0) is 12.5. The molecule has 0 saturated carbocycles. The van der Waals surface area contributed by atoms with E-state index in [0.29, 0.717) is 0 Å². The van der Waals surface area contributed by atoms with Gasteiger partial charge in [-0.1, -0.05) is 52.4 Å². The maximum absolute atomic E-state index is 3.13. The Morgan fingerprint density at radius 3 is 1.19 bits per heavy atom. The first-order valence-electron chi connectivity index (χ1n) is 7.12. The zero-order valence-corrected chi connectivity index (χ0v) is 12.1. The van der Waals surface area contributed by atoms with Gasteiger partial charge in [0.2, 0.25) is 0 Å². The molecule has 0 rings (SSSR count). The van der Waals surface area contributed by atoms with Crippen LogP contribution in [0.5, 0.6) is 0 Å². The van der Waals surface area contributed by atoms with Crippen LogP contribution in [0.1, 0.15) is 65.2 Å². The van der Waals surface area contributed by atoms with Crippen LogP contribution in [-0.2, 0) is 0 Å². The molecule has 2 heteroatoms. The maximum Gasteiger partial charge on any atom is -0.00519 e. The van der Waals surface area contributed by atoms with Crippen molar-refractivity contribution >= 4 is 0 Å². The predicted molar refractivity (Wildman–Crippen MR) is 76.1 cm³/mol. The van der Waals surface area contributed by atoms with E-state index in [9.17, 15) is 0 Å². The van der Waals surface area contributed by atoms with Crippen molar-refractivity contribution in [3.63, 3.8) is 0 Å². The molecule has 2 N–H and O–H groups in total. The monoisotopic (exact) mass is 230 g/mol. The second-order valence-corrected chi connectivity index (χ2v) is 4.33. The Morgan fingerprint density at radius 1 is 0.562 bits per heavy atom. The molecule has 0 aromatic carbocycles. The summed E-state index contributed by atoms with van der Waals surface area (Å²) in [5.74, 6) is 0. The highest BCUT2D eigenvalue weighted by atomic mass is 14.8. The van der Waals surface area contributed by atoms with Crippen LogP contribution in [0.4, 0.5) is 0 Å². The normalized spacial score (nSPS) is 9.75. The highest BCUT2D eigenvalue weighted by Gasteiger charge is 1.83. The highest BCUT2D eigenvalue weighted by Crippen LogP contribution is 1.96. The summed E-state index contributed by atoms with van der Waals surface area (Å²) in [5, 5.41) is 6.25. The van der Waals surface area contributed by atoms with Gasteiger partial charge in [-0.2, -0.15) is 0 Å². The van der Waals surface area contributed by atoms with Crippen molar-refractivity contribution in [2.45, 2.75) is 65.2 Å². The van der Waals surface area contributed by atoms with Crippen molar-refractivity contribution in [1.82, 2.24) is 10.6 Å². The van der Waals surface area contributed by atoms with E-state index in [1.165, 1.54) is 64.5 Å². The van der Waals surface area contributed by atoms with Crippen LogP contribution in [0.3, 0.4) is 0 Å². The van der Waals surface area contributed by atoms with Gasteiger partial charge in [-0.25, -0.2) is 0 Å². The van der Waals surface area contributed by atoms with Crippen LogP contribution >= 0.6 is 0 Å². The van der Waals surface area contributed by atoms with Gasteiger partial charge in [0.1, 0.15) is 0 Å². The van der Waals surface area contributed by atoms with Gasteiger partial charge in [0.25, 0.3) is 0 Å². The van der Waals surface area contributed by atoms with Crippen LogP contribution in [0, 0.1) is 0 Å². The van der Waals surface area contributed by atoms with Gasteiger partial charge < -0.3 is 10.6 Å². The first-order chi connectivity index (χ1) is 7.83. The summed E-state index contributed by atoms with van der Waals surface area (Å²) in [7, 11) is 4.01. The van der Waals surface area contributed by atoms with Gasteiger partial charge in [0.05, 0.1) is 0 Å². The maximum atomic E-state index is 3.13. The van der Waals surface area contributed by atoms with Crippen molar-refractivity contribution in [3.8, 4) is 0 Å². The van der Waals surface area contributed by atoms with Crippen molar-refractivity contribution in [1.29, 1.82) is 0 Å². The molecule has 0 aromatic heterocycles. The van der Waals surface area contributed by atoms with Crippen molar-refractivity contribution < 1.29 is 0 Å². The Hall–Kier alpha value is -0.0800. The van der Waals surface area contributed by atoms with Gasteiger partial charge in [-0.3, -0.25) is 0 Å². The minimum absolute atomic E-state index is 1.18. The molecule has 0 aliphatic carbocycles. The third-order valence-electron chi connectivity index (χ3n) is 2.56. The lowest BCUT2D eigenvalue weighted by atomic mass is 10.2. The molecule has 0 aromatic rings. The Bertz CT molecular complexity index is 70.7. The molecular weight excluding hydrogens is 196 g/mol. The molecule has 0 saturated heterocycles. The molecule has 0 unspecified atom stereocenters. The molecule has 2 nitrogen and oxygen atoms in total. The van der Waals surface area contributed by atoms with E-state index in [1.54, 1.807) is 0 Å². The Morgan fingerprint density at radius 2 is 0.938 bits per heavy atom. The van der Waals surface area contributed by atoms with E-state index >= 15 is 0 Å². The molecule has 0 spiro atoms. The summed E-state index contributed by atoms with van der Waals surface area (Å²) < 4.78 is 0. The third kappa shape index (κ3) is 23.6. The minimum Gasteiger partial charge on any atom is -0.320 e. The molecular formula is C14H34N2. The standard InChI is InChI=1S/2C7H17N/c2*1-3-4-5-6-7-8-2/h2*8H,3-7H2,1-2H3. The first kappa shape index (κ1) is 18.3. The number of rotatable bonds is 10. The minimum atomic E-state index is 1.18. The second-order valence-electron chi connectivity index (χ2n) is 4.33. The fraction of sp³-hybridized carbons (Fsp3) is 1.00. The molecule has 0 bridgehead atoms. The number of hydrogen-bond donors (Lipinski definition) is 2. The van der Waals surface area contributed by atoms with Gasteiger partial charge >= 0.3 is 0 Å². The van der Waals surface area contributed by atoms with Gasteiger partial charge in [-0.05, 0) is 40.0 Å². The fourth-order valence-electron chi connectivity index (χ4n) is 1.46. The molecule has 0 heterocycles. The zero-order valence-electron chi connectivity index (χ0n) is 12.1. The van der Waals surface area contributed by atoms with E-state index in [-0.39, 0.29) is 0 Å².